The van der Waals surface area contributed by atoms with Crippen LogP contribution in [0.4, 0.5) is 4.39 Å². The topological polar surface area (TPSA) is 0 Å². The first-order chi connectivity index (χ1) is 7.18. The number of hydrogen-bond acceptors (Lipinski definition) is 1. The Balaban J connectivity index is 2.38. The third-order valence-corrected chi connectivity index (χ3v) is 4.50. The fourth-order valence-electron chi connectivity index (χ4n) is 1.30. The lowest BCUT2D eigenvalue weighted by Crippen LogP contribution is -1.94. The Bertz CT molecular complexity index is 456. The minimum Gasteiger partial charge on any atom is -0.207 e. The minimum absolute atomic E-state index is 0.183. The van der Waals surface area contributed by atoms with E-state index < -0.39 is 0 Å². The Labute approximate surface area is 110 Å². The summed E-state index contributed by atoms with van der Waals surface area (Å²) in [6, 6.07) is 8.64. The molecule has 0 radical (unpaired) electrons. The SMILES string of the molecule is Fc1ccc(C(Cl)c2cccs2)c(I)c1. The number of hydrogen-bond donors (Lipinski definition) is 0. The maximum absolute atomic E-state index is 12.9. The van der Waals surface area contributed by atoms with Crippen LogP contribution in [0.3, 0.4) is 0 Å². The largest absolute Gasteiger partial charge is 0.207 e. The molecule has 2 rings (SSSR count). The molecule has 0 saturated heterocycles. The molecule has 0 aliphatic heterocycles. The third-order valence-electron chi connectivity index (χ3n) is 2.03. The summed E-state index contributed by atoms with van der Waals surface area (Å²) in [6.07, 6.45) is 0. The molecular weight excluding hydrogens is 346 g/mol. The summed E-state index contributed by atoms with van der Waals surface area (Å²) >= 11 is 10.0. The first kappa shape index (κ1) is 11.4. The van der Waals surface area contributed by atoms with E-state index in [0.717, 1.165) is 14.0 Å². The number of benzene rings is 1. The molecule has 2 aromatic rings. The standard InChI is InChI=1S/C11H7ClFIS/c12-11(10-2-1-5-15-10)8-4-3-7(13)6-9(8)14/h1-6,11H. The van der Waals surface area contributed by atoms with Crippen LogP contribution < -0.4 is 0 Å². The molecule has 0 fully saturated rings. The first-order valence-corrected chi connectivity index (χ1v) is 6.70. The van der Waals surface area contributed by atoms with Crippen molar-refractivity contribution in [2.24, 2.45) is 0 Å². The van der Waals surface area contributed by atoms with Crippen LogP contribution in [0, 0.1) is 9.39 Å². The Morgan fingerprint density at radius 3 is 2.73 bits per heavy atom. The summed E-state index contributed by atoms with van der Waals surface area (Å²) in [7, 11) is 0. The molecule has 0 saturated carbocycles. The lowest BCUT2D eigenvalue weighted by Gasteiger charge is -2.09. The summed E-state index contributed by atoms with van der Waals surface area (Å²) in [4.78, 5) is 1.08. The van der Waals surface area contributed by atoms with Gasteiger partial charge in [0.25, 0.3) is 0 Å². The van der Waals surface area contributed by atoms with Crippen LogP contribution >= 0.6 is 45.5 Å². The fraction of sp³-hybridized carbons (Fsp3) is 0.0909. The highest BCUT2D eigenvalue weighted by Gasteiger charge is 2.14. The number of halogens is 3. The molecule has 0 spiro atoms. The molecule has 4 heteroatoms. The van der Waals surface area contributed by atoms with Gasteiger partial charge in [0.2, 0.25) is 0 Å². The van der Waals surface area contributed by atoms with Crippen molar-refractivity contribution >= 4 is 45.5 Å². The minimum atomic E-state index is -0.224. The lowest BCUT2D eigenvalue weighted by molar-refractivity contribution is 0.626. The van der Waals surface area contributed by atoms with Crippen LogP contribution in [0.2, 0.25) is 0 Å². The normalized spacial score (nSPS) is 12.7. The van der Waals surface area contributed by atoms with Gasteiger partial charge >= 0.3 is 0 Å². The van der Waals surface area contributed by atoms with E-state index in [2.05, 4.69) is 22.6 Å². The zero-order valence-electron chi connectivity index (χ0n) is 7.58. The van der Waals surface area contributed by atoms with E-state index in [-0.39, 0.29) is 11.2 Å². The second kappa shape index (κ2) is 4.80. The highest BCUT2D eigenvalue weighted by molar-refractivity contribution is 14.1. The summed E-state index contributed by atoms with van der Waals surface area (Å²) in [6.45, 7) is 0. The van der Waals surface area contributed by atoms with Crippen LogP contribution in [0.25, 0.3) is 0 Å². The quantitative estimate of drug-likeness (QED) is 0.537. The summed E-state index contributed by atoms with van der Waals surface area (Å²) in [5.74, 6) is -0.224. The average molecular weight is 353 g/mol. The zero-order valence-corrected chi connectivity index (χ0v) is 11.3. The molecule has 0 nitrogen and oxygen atoms in total. The Morgan fingerprint density at radius 2 is 2.13 bits per heavy atom. The van der Waals surface area contributed by atoms with Crippen molar-refractivity contribution in [3.8, 4) is 0 Å². The zero-order chi connectivity index (χ0) is 10.8. The molecule has 1 atom stereocenters. The molecule has 0 N–H and O–H groups in total. The van der Waals surface area contributed by atoms with Crippen molar-refractivity contribution in [2.45, 2.75) is 5.38 Å². The molecular formula is C11H7ClFIS. The van der Waals surface area contributed by atoms with Gasteiger partial charge < -0.3 is 0 Å². The predicted molar refractivity (Wildman–Crippen MR) is 71.1 cm³/mol. The number of alkyl halides is 1. The fourth-order valence-corrected chi connectivity index (χ4v) is 3.40. The summed E-state index contributed by atoms with van der Waals surface area (Å²) in [5.41, 5.74) is 0.959. The molecule has 1 heterocycles. The maximum atomic E-state index is 12.9. The number of thiophene rings is 1. The van der Waals surface area contributed by atoms with Crippen LogP contribution in [0.15, 0.2) is 35.7 Å². The molecule has 0 bridgehead atoms. The van der Waals surface area contributed by atoms with Crippen LogP contribution in [-0.4, -0.2) is 0 Å². The Morgan fingerprint density at radius 1 is 1.33 bits per heavy atom. The second-order valence-corrected chi connectivity index (χ2v) is 5.62. The van der Waals surface area contributed by atoms with Gasteiger partial charge in [0, 0.05) is 8.45 Å². The highest BCUT2D eigenvalue weighted by atomic mass is 127. The molecule has 0 aliphatic rings. The van der Waals surface area contributed by atoms with Crippen LogP contribution in [-0.2, 0) is 0 Å². The number of rotatable bonds is 2. The monoisotopic (exact) mass is 352 g/mol. The molecule has 1 aromatic heterocycles. The van der Waals surface area contributed by atoms with Crippen molar-refractivity contribution < 1.29 is 4.39 Å². The highest BCUT2D eigenvalue weighted by Crippen LogP contribution is 2.34. The lowest BCUT2D eigenvalue weighted by atomic mass is 10.1. The smallest absolute Gasteiger partial charge is 0.124 e. The van der Waals surface area contributed by atoms with Gasteiger partial charge in [-0.25, -0.2) is 4.39 Å². The van der Waals surface area contributed by atoms with Crippen LogP contribution in [0.1, 0.15) is 15.8 Å². The Hall–Kier alpha value is -0.130. The van der Waals surface area contributed by atoms with Gasteiger partial charge in [0.05, 0.1) is 5.38 Å². The van der Waals surface area contributed by atoms with Gasteiger partial charge in [-0.15, -0.1) is 22.9 Å². The van der Waals surface area contributed by atoms with Crippen molar-refractivity contribution in [1.82, 2.24) is 0 Å². The van der Waals surface area contributed by atoms with Gasteiger partial charge in [-0.3, -0.25) is 0 Å². The molecule has 78 valence electrons. The van der Waals surface area contributed by atoms with Gasteiger partial charge in [-0.1, -0.05) is 12.1 Å². The summed E-state index contributed by atoms with van der Waals surface area (Å²) in [5, 5.41) is 1.80. The van der Waals surface area contributed by atoms with E-state index in [0.29, 0.717) is 0 Å². The van der Waals surface area contributed by atoms with E-state index in [9.17, 15) is 4.39 Å². The molecule has 0 amide bonds. The molecule has 1 aromatic carbocycles. The van der Waals surface area contributed by atoms with E-state index in [4.69, 9.17) is 11.6 Å². The summed E-state index contributed by atoms with van der Waals surface area (Å²) < 4.78 is 13.8. The first-order valence-electron chi connectivity index (χ1n) is 4.31. The van der Waals surface area contributed by atoms with Crippen molar-refractivity contribution in [2.75, 3.05) is 0 Å². The van der Waals surface area contributed by atoms with Gasteiger partial charge in [0.15, 0.2) is 0 Å². The van der Waals surface area contributed by atoms with Gasteiger partial charge in [0.1, 0.15) is 5.82 Å². The van der Waals surface area contributed by atoms with E-state index in [1.807, 2.05) is 17.5 Å². The third kappa shape index (κ3) is 2.52. The maximum Gasteiger partial charge on any atom is 0.124 e. The molecule has 0 aliphatic carbocycles. The Kier molecular flexibility index (Phi) is 3.64. The van der Waals surface area contributed by atoms with Crippen LogP contribution in [0.5, 0.6) is 0 Å². The van der Waals surface area contributed by atoms with Crippen molar-refractivity contribution in [3.05, 3.63) is 55.5 Å². The van der Waals surface area contributed by atoms with Crippen molar-refractivity contribution in [3.63, 3.8) is 0 Å². The van der Waals surface area contributed by atoms with Crippen molar-refractivity contribution in [1.29, 1.82) is 0 Å². The second-order valence-electron chi connectivity index (χ2n) is 3.04. The average Bonchev–Trinajstić information content (AvgIpc) is 2.69. The van der Waals surface area contributed by atoms with E-state index in [1.54, 1.807) is 17.4 Å². The molecule has 15 heavy (non-hydrogen) atoms. The molecule has 1 unspecified atom stereocenters. The van der Waals surface area contributed by atoms with E-state index >= 15 is 0 Å². The van der Waals surface area contributed by atoms with Gasteiger partial charge in [-0.2, -0.15) is 0 Å². The van der Waals surface area contributed by atoms with Gasteiger partial charge in [-0.05, 0) is 51.7 Å². The predicted octanol–water partition coefficient (Wildman–Crippen LogP) is 4.82. The van der Waals surface area contributed by atoms with E-state index in [1.165, 1.54) is 12.1 Å².